The molecule has 1 aromatic rings. The summed E-state index contributed by atoms with van der Waals surface area (Å²) in [7, 11) is 0. The average Bonchev–Trinajstić information content (AvgIpc) is 2.31. The van der Waals surface area contributed by atoms with Crippen LogP contribution in [0.2, 0.25) is 0 Å². The second-order valence-electron chi connectivity index (χ2n) is 3.08. The minimum absolute atomic E-state index is 0.162. The van der Waals surface area contributed by atoms with Crippen molar-refractivity contribution >= 4 is 21.8 Å². The summed E-state index contributed by atoms with van der Waals surface area (Å²) in [6, 6.07) is 7.80. The van der Waals surface area contributed by atoms with Gasteiger partial charge in [-0.15, -0.1) is 0 Å². The maximum Gasteiger partial charge on any atom is 0.258 e. The monoisotopic (exact) mass is 295 g/mol. The Morgan fingerprint density at radius 2 is 1.94 bits per heavy atom. The third kappa shape index (κ3) is 3.02. The van der Waals surface area contributed by atoms with Gasteiger partial charge in [-0.1, -0.05) is 6.07 Å². The highest BCUT2D eigenvalue weighted by Crippen LogP contribution is 2.19. The van der Waals surface area contributed by atoms with Crippen LogP contribution in [-0.2, 0) is 0 Å². The van der Waals surface area contributed by atoms with Crippen LogP contribution >= 0.6 is 15.9 Å². The van der Waals surface area contributed by atoms with Crippen molar-refractivity contribution in [2.45, 2.75) is 0 Å². The quantitative estimate of drug-likeness (QED) is 0.802. The largest absolute Gasteiger partial charge is 0.312 e. The zero-order chi connectivity index (χ0) is 12.8. The Balaban J connectivity index is 3.07. The summed E-state index contributed by atoms with van der Waals surface area (Å²) in [5.41, 5.74) is -0.162. The number of nitrogens with zero attached hydrogens (tertiary/aromatic N) is 3. The molecule has 1 amide bonds. The molecule has 0 spiro atoms. The molecule has 0 aliphatic rings. The standard InChI is InChI=1S/C11H7BrFN3O/c12-9-3-1-2-8(10(9)13)11(17)16(6-4-14)7-5-15/h1-3H,6-7H2. The number of hydrogen-bond acceptors (Lipinski definition) is 3. The van der Waals surface area contributed by atoms with Gasteiger partial charge in [0.15, 0.2) is 0 Å². The van der Waals surface area contributed by atoms with E-state index >= 15 is 0 Å². The van der Waals surface area contributed by atoms with Gasteiger partial charge in [0.2, 0.25) is 0 Å². The molecule has 6 heteroatoms. The number of carbonyl (C=O) groups is 1. The topological polar surface area (TPSA) is 67.9 Å². The molecular weight excluding hydrogens is 289 g/mol. The number of hydrogen-bond donors (Lipinski definition) is 0. The molecular formula is C11H7BrFN3O. The van der Waals surface area contributed by atoms with Crippen molar-refractivity contribution in [2.24, 2.45) is 0 Å². The normalized spacial score (nSPS) is 9.18. The summed E-state index contributed by atoms with van der Waals surface area (Å²) in [5, 5.41) is 17.1. The lowest BCUT2D eigenvalue weighted by Crippen LogP contribution is -2.32. The van der Waals surface area contributed by atoms with Crippen LogP contribution in [0.15, 0.2) is 22.7 Å². The van der Waals surface area contributed by atoms with Crippen LogP contribution in [0.4, 0.5) is 4.39 Å². The van der Waals surface area contributed by atoms with E-state index in [1.165, 1.54) is 18.2 Å². The Bertz CT molecular complexity index is 502. The van der Waals surface area contributed by atoms with Crippen LogP contribution in [0.1, 0.15) is 10.4 Å². The van der Waals surface area contributed by atoms with Gasteiger partial charge in [-0.25, -0.2) is 4.39 Å². The second-order valence-corrected chi connectivity index (χ2v) is 3.93. The van der Waals surface area contributed by atoms with E-state index in [1.54, 1.807) is 12.1 Å². The molecule has 0 saturated carbocycles. The van der Waals surface area contributed by atoms with Gasteiger partial charge in [0.1, 0.15) is 18.9 Å². The van der Waals surface area contributed by atoms with Gasteiger partial charge in [0, 0.05) is 0 Å². The van der Waals surface area contributed by atoms with E-state index in [9.17, 15) is 9.18 Å². The van der Waals surface area contributed by atoms with Gasteiger partial charge in [0.25, 0.3) is 5.91 Å². The van der Waals surface area contributed by atoms with Crippen LogP contribution in [0.5, 0.6) is 0 Å². The van der Waals surface area contributed by atoms with Gasteiger partial charge in [-0.3, -0.25) is 4.79 Å². The van der Waals surface area contributed by atoms with Crippen molar-refractivity contribution in [1.29, 1.82) is 10.5 Å². The summed E-state index contributed by atoms with van der Waals surface area (Å²) in [6.45, 7) is -0.503. The van der Waals surface area contributed by atoms with E-state index in [-0.39, 0.29) is 23.1 Å². The molecule has 0 fully saturated rings. The van der Waals surface area contributed by atoms with E-state index in [2.05, 4.69) is 15.9 Å². The first kappa shape index (κ1) is 13.1. The molecule has 0 saturated heterocycles. The van der Waals surface area contributed by atoms with Gasteiger partial charge in [-0.2, -0.15) is 10.5 Å². The minimum Gasteiger partial charge on any atom is -0.312 e. The molecule has 0 aliphatic carbocycles. The zero-order valence-corrected chi connectivity index (χ0v) is 10.2. The molecule has 4 nitrogen and oxygen atoms in total. The SMILES string of the molecule is N#CCN(CC#N)C(=O)c1cccc(Br)c1F. The summed E-state index contributed by atoms with van der Waals surface area (Å²) in [5.74, 6) is -1.37. The van der Waals surface area contributed by atoms with E-state index in [0.29, 0.717) is 0 Å². The second kappa shape index (κ2) is 5.97. The Hall–Kier alpha value is -1.92. The van der Waals surface area contributed by atoms with E-state index in [4.69, 9.17) is 10.5 Å². The van der Waals surface area contributed by atoms with Gasteiger partial charge >= 0.3 is 0 Å². The fraction of sp³-hybridized carbons (Fsp3) is 0.182. The number of amides is 1. The summed E-state index contributed by atoms with van der Waals surface area (Å²) < 4.78 is 13.8. The maximum absolute atomic E-state index is 13.6. The molecule has 0 heterocycles. The fourth-order valence-corrected chi connectivity index (χ4v) is 1.58. The summed E-state index contributed by atoms with van der Waals surface area (Å²) in [4.78, 5) is 12.8. The van der Waals surface area contributed by atoms with Gasteiger partial charge < -0.3 is 4.90 Å². The third-order valence-corrected chi connectivity index (χ3v) is 2.60. The van der Waals surface area contributed by atoms with Crippen molar-refractivity contribution in [3.63, 3.8) is 0 Å². The third-order valence-electron chi connectivity index (χ3n) is 1.99. The minimum atomic E-state index is -0.696. The molecule has 0 unspecified atom stereocenters. The zero-order valence-electron chi connectivity index (χ0n) is 8.65. The Labute approximate surface area is 106 Å². The molecule has 0 radical (unpaired) electrons. The number of nitriles is 2. The Morgan fingerprint density at radius 1 is 1.35 bits per heavy atom. The molecule has 1 rings (SSSR count). The first-order valence-electron chi connectivity index (χ1n) is 4.59. The molecule has 17 heavy (non-hydrogen) atoms. The van der Waals surface area contributed by atoms with E-state index < -0.39 is 11.7 Å². The predicted molar refractivity (Wildman–Crippen MR) is 61.2 cm³/mol. The van der Waals surface area contributed by atoms with Crippen molar-refractivity contribution in [3.8, 4) is 12.1 Å². The molecule has 0 aromatic heterocycles. The van der Waals surface area contributed by atoms with Crippen LogP contribution in [0.3, 0.4) is 0 Å². The molecule has 86 valence electrons. The van der Waals surface area contributed by atoms with Crippen molar-refractivity contribution in [1.82, 2.24) is 4.90 Å². The van der Waals surface area contributed by atoms with Crippen molar-refractivity contribution in [3.05, 3.63) is 34.1 Å². The number of carbonyl (C=O) groups excluding carboxylic acids is 1. The summed E-state index contributed by atoms with van der Waals surface area (Å²) >= 11 is 2.97. The fourth-order valence-electron chi connectivity index (χ4n) is 1.21. The lowest BCUT2D eigenvalue weighted by atomic mass is 10.2. The van der Waals surface area contributed by atoms with Crippen molar-refractivity contribution in [2.75, 3.05) is 13.1 Å². The lowest BCUT2D eigenvalue weighted by molar-refractivity contribution is 0.0790. The first-order valence-corrected chi connectivity index (χ1v) is 5.38. The Kier molecular flexibility index (Phi) is 4.62. The highest BCUT2D eigenvalue weighted by atomic mass is 79.9. The molecule has 0 aliphatic heterocycles. The Morgan fingerprint density at radius 3 is 2.47 bits per heavy atom. The predicted octanol–water partition coefficient (Wildman–Crippen LogP) is 2.08. The van der Waals surface area contributed by atoms with Crippen LogP contribution in [0.25, 0.3) is 0 Å². The maximum atomic E-state index is 13.6. The van der Waals surface area contributed by atoms with Crippen LogP contribution < -0.4 is 0 Å². The van der Waals surface area contributed by atoms with Crippen LogP contribution in [-0.4, -0.2) is 23.9 Å². The van der Waals surface area contributed by atoms with E-state index in [0.717, 1.165) is 4.90 Å². The summed E-state index contributed by atoms with van der Waals surface area (Å²) in [6.07, 6.45) is 0. The molecule has 0 bridgehead atoms. The number of halogens is 2. The molecule has 1 aromatic carbocycles. The smallest absolute Gasteiger partial charge is 0.258 e. The highest BCUT2D eigenvalue weighted by molar-refractivity contribution is 9.10. The molecule has 0 atom stereocenters. The van der Waals surface area contributed by atoms with Gasteiger partial charge in [0.05, 0.1) is 22.2 Å². The van der Waals surface area contributed by atoms with Crippen molar-refractivity contribution < 1.29 is 9.18 Å². The van der Waals surface area contributed by atoms with E-state index in [1.807, 2.05) is 0 Å². The van der Waals surface area contributed by atoms with Gasteiger partial charge in [-0.05, 0) is 28.1 Å². The first-order chi connectivity index (χ1) is 8.11. The number of rotatable bonds is 3. The van der Waals surface area contributed by atoms with Crippen LogP contribution in [0, 0.1) is 28.5 Å². The highest BCUT2D eigenvalue weighted by Gasteiger charge is 2.19. The molecule has 0 N–H and O–H groups in total. The average molecular weight is 296 g/mol. The lowest BCUT2D eigenvalue weighted by Gasteiger charge is -2.16. The number of benzene rings is 1.